The van der Waals surface area contributed by atoms with Crippen molar-refractivity contribution in [3.05, 3.63) is 33.8 Å². The molecule has 0 aliphatic rings. The summed E-state index contributed by atoms with van der Waals surface area (Å²) >= 11 is 11.6. The van der Waals surface area contributed by atoms with E-state index in [1.54, 1.807) is 0 Å². The lowest BCUT2D eigenvalue weighted by Crippen LogP contribution is -2.38. The number of benzene rings is 1. The molecule has 0 unspecified atom stereocenters. The maximum Gasteiger partial charge on any atom is 0.339 e. The van der Waals surface area contributed by atoms with Crippen molar-refractivity contribution in [1.82, 2.24) is 0 Å². The molecule has 0 fully saturated rings. The fraction of sp³-hybridized carbons (Fsp3) is 0.417. The zero-order valence-electron chi connectivity index (χ0n) is 11.1. The summed E-state index contributed by atoms with van der Waals surface area (Å²) < 4.78 is 33.3. The topological polar surface area (TPSA) is 69.7 Å². The van der Waals surface area contributed by atoms with Crippen molar-refractivity contribution >= 4 is 39.3 Å². The third-order valence-electron chi connectivity index (χ3n) is 2.36. The molecule has 0 saturated heterocycles. The molecule has 0 N–H and O–H groups in total. The largest absolute Gasteiger partial charge is 0.467 e. The number of hydrogen-bond acceptors (Lipinski definition) is 5. The van der Waals surface area contributed by atoms with E-state index in [0.29, 0.717) is 10.6 Å². The fourth-order valence-electron chi connectivity index (χ4n) is 1.46. The second-order valence-electron chi connectivity index (χ2n) is 4.52. The number of carbonyl (C=O) groups excluding carboxylic acids is 1. The SMILES string of the molecule is COC(=O)C(C)(C)OS(=O)(=O)Cc1ccc(Cl)cc1Cl. The minimum atomic E-state index is -4.01. The van der Waals surface area contributed by atoms with Crippen molar-refractivity contribution in [3.63, 3.8) is 0 Å². The maximum atomic E-state index is 12.0. The van der Waals surface area contributed by atoms with E-state index in [1.165, 1.54) is 32.0 Å². The Balaban J connectivity index is 2.93. The molecule has 0 aliphatic carbocycles. The van der Waals surface area contributed by atoms with Gasteiger partial charge in [-0.05, 0) is 31.5 Å². The van der Waals surface area contributed by atoms with Gasteiger partial charge in [0.1, 0.15) is 5.75 Å². The number of carbonyl (C=O) groups is 1. The third kappa shape index (κ3) is 4.63. The monoisotopic (exact) mass is 340 g/mol. The third-order valence-corrected chi connectivity index (χ3v) is 4.28. The van der Waals surface area contributed by atoms with Crippen molar-refractivity contribution in [2.24, 2.45) is 0 Å². The molecule has 0 aliphatic heterocycles. The van der Waals surface area contributed by atoms with Gasteiger partial charge in [0.05, 0.1) is 7.11 Å². The van der Waals surface area contributed by atoms with Crippen LogP contribution in [0.2, 0.25) is 10.0 Å². The van der Waals surface area contributed by atoms with E-state index in [4.69, 9.17) is 27.4 Å². The van der Waals surface area contributed by atoms with Crippen molar-refractivity contribution in [2.75, 3.05) is 7.11 Å². The van der Waals surface area contributed by atoms with Crippen LogP contribution in [0.15, 0.2) is 18.2 Å². The van der Waals surface area contributed by atoms with E-state index in [-0.39, 0.29) is 5.02 Å². The normalized spacial score (nSPS) is 12.2. The van der Waals surface area contributed by atoms with Crippen LogP contribution in [-0.2, 0) is 29.6 Å². The lowest BCUT2D eigenvalue weighted by Gasteiger charge is -2.21. The zero-order valence-corrected chi connectivity index (χ0v) is 13.5. The first kappa shape index (κ1) is 17.2. The number of ether oxygens (including phenoxy) is 1. The van der Waals surface area contributed by atoms with Crippen LogP contribution < -0.4 is 0 Å². The van der Waals surface area contributed by atoms with E-state index in [9.17, 15) is 13.2 Å². The van der Waals surface area contributed by atoms with Crippen LogP contribution in [0.5, 0.6) is 0 Å². The van der Waals surface area contributed by atoms with Gasteiger partial charge in [-0.3, -0.25) is 4.18 Å². The van der Waals surface area contributed by atoms with Crippen molar-refractivity contribution in [1.29, 1.82) is 0 Å². The molecule has 0 spiro atoms. The number of halogens is 2. The summed E-state index contributed by atoms with van der Waals surface area (Å²) in [7, 11) is -2.86. The molecule has 1 aromatic carbocycles. The molecule has 1 rings (SSSR count). The van der Waals surface area contributed by atoms with Crippen molar-refractivity contribution in [2.45, 2.75) is 25.2 Å². The molecule has 0 amide bonds. The van der Waals surface area contributed by atoms with Gasteiger partial charge in [-0.15, -0.1) is 0 Å². The average molecular weight is 341 g/mol. The molecule has 112 valence electrons. The fourth-order valence-corrected chi connectivity index (χ4v) is 3.40. The summed E-state index contributed by atoms with van der Waals surface area (Å²) in [5, 5.41) is 0.604. The Morgan fingerprint density at radius 1 is 1.30 bits per heavy atom. The van der Waals surface area contributed by atoms with Gasteiger partial charge in [0.2, 0.25) is 0 Å². The van der Waals surface area contributed by atoms with Crippen molar-refractivity contribution < 1.29 is 22.1 Å². The van der Waals surface area contributed by atoms with Crippen LogP contribution in [0.3, 0.4) is 0 Å². The molecule has 0 saturated carbocycles. The Morgan fingerprint density at radius 2 is 1.90 bits per heavy atom. The minimum absolute atomic E-state index is 0.209. The van der Waals surface area contributed by atoms with E-state index < -0.39 is 27.4 Å². The highest BCUT2D eigenvalue weighted by Gasteiger charge is 2.35. The highest BCUT2D eigenvalue weighted by molar-refractivity contribution is 7.86. The molecule has 0 atom stereocenters. The van der Waals surface area contributed by atoms with E-state index in [2.05, 4.69) is 4.74 Å². The highest BCUT2D eigenvalue weighted by atomic mass is 35.5. The van der Waals surface area contributed by atoms with Crippen LogP contribution in [-0.4, -0.2) is 27.1 Å². The predicted octanol–water partition coefficient (Wildman–Crippen LogP) is 2.79. The van der Waals surface area contributed by atoms with Crippen LogP contribution in [0.4, 0.5) is 0 Å². The molecule has 0 radical (unpaired) electrons. The first-order valence-electron chi connectivity index (χ1n) is 5.53. The Labute approximate surface area is 127 Å². The zero-order chi connectivity index (χ0) is 15.6. The van der Waals surface area contributed by atoms with E-state index >= 15 is 0 Å². The lowest BCUT2D eigenvalue weighted by molar-refractivity contribution is -0.155. The maximum absolute atomic E-state index is 12.0. The summed E-state index contributed by atoms with van der Waals surface area (Å²) in [6, 6.07) is 4.43. The second-order valence-corrected chi connectivity index (χ2v) is 6.94. The standard InChI is InChI=1S/C12H14Cl2O5S/c1-12(2,11(15)18-3)19-20(16,17)7-8-4-5-9(13)6-10(8)14/h4-6H,7H2,1-3H3. The minimum Gasteiger partial charge on any atom is -0.467 e. The van der Waals surface area contributed by atoms with Gasteiger partial charge in [0.15, 0.2) is 5.60 Å². The number of rotatable bonds is 5. The highest BCUT2D eigenvalue weighted by Crippen LogP contribution is 2.25. The molecular weight excluding hydrogens is 327 g/mol. The number of esters is 1. The summed E-state index contributed by atoms with van der Waals surface area (Å²) in [6.45, 7) is 2.61. The van der Waals surface area contributed by atoms with Crippen molar-refractivity contribution in [3.8, 4) is 0 Å². The molecule has 0 aromatic heterocycles. The number of methoxy groups -OCH3 is 1. The molecule has 1 aromatic rings. The van der Waals surface area contributed by atoms with Gasteiger partial charge in [-0.1, -0.05) is 29.3 Å². The Hall–Kier alpha value is -0.820. The molecule has 5 nitrogen and oxygen atoms in total. The van der Waals surface area contributed by atoms with Gasteiger partial charge in [0.25, 0.3) is 10.1 Å². The number of hydrogen-bond donors (Lipinski definition) is 0. The average Bonchev–Trinajstić information content (AvgIpc) is 2.30. The van der Waals surface area contributed by atoms with Gasteiger partial charge in [-0.2, -0.15) is 8.42 Å². The summed E-state index contributed by atoms with van der Waals surface area (Å²) in [4.78, 5) is 11.4. The predicted molar refractivity (Wildman–Crippen MR) is 76.3 cm³/mol. The van der Waals surface area contributed by atoms with Gasteiger partial charge >= 0.3 is 5.97 Å². The lowest BCUT2D eigenvalue weighted by atomic mass is 10.1. The quantitative estimate of drug-likeness (QED) is 0.608. The Morgan fingerprint density at radius 3 is 2.40 bits per heavy atom. The summed E-state index contributed by atoms with van der Waals surface area (Å²) in [5.41, 5.74) is -1.27. The molecule has 0 bridgehead atoms. The summed E-state index contributed by atoms with van der Waals surface area (Å²) in [5.74, 6) is -1.26. The van der Waals surface area contributed by atoms with Gasteiger partial charge < -0.3 is 4.74 Å². The summed E-state index contributed by atoms with van der Waals surface area (Å²) in [6.07, 6.45) is 0. The molecule has 20 heavy (non-hydrogen) atoms. The van der Waals surface area contributed by atoms with Gasteiger partial charge in [-0.25, -0.2) is 4.79 Å². The first-order valence-corrected chi connectivity index (χ1v) is 7.86. The Kier molecular flexibility index (Phi) is 5.43. The van der Waals surface area contributed by atoms with E-state index in [1.807, 2.05) is 0 Å². The molecule has 8 heteroatoms. The molecular formula is C12H14Cl2O5S. The Bertz CT molecular complexity index is 610. The van der Waals surface area contributed by atoms with E-state index in [0.717, 1.165) is 7.11 Å². The first-order chi connectivity index (χ1) is 9.07. The second kappa shape index (κ2) is 6.30. The van der Waals surface area contributed by atoms with Gasteiger partial charge in [0, 0.05) is 10.0 Å². The molecule has 0 heterocycles. The van der Waals surface area contributed by atoms with Crippen LogP contribution in [0, 0.1) is 0 Å². The van der Waals surface area contributed by atoms with Crippen LogP contribution in [0.1, 0.15) is 19.4 Å². The van der Waals surface area contributed by atoms with Crippen LogP contribution >= 0.6 is 23.2 Å². The van der Waals surface area contributed by atoms with Crippen LogP contribution in [0.25, 0.3) is 0 Å². The smallest absolute Gasteiger partial charge is 0.339 e.